The summed E-state index contributed by atoms with van der Waals surface area (Å²) in [6.07, 6.45) is 5.11. The normalized spacial score (nSPS) is 20.7. The standard InChI is InChI=1S/C18H22O5/c1-22-9-8-13-4-7-17(16(10-13)12-20)23-18(21)15-5-2-14(11-19)3-6-15/h4,7,10-12,14-15H,2-3,5-6,8-9H2,1H3. The van der Waals surface area contributed by atoms with Crippen LogP contribution in [0.2, 0.25) is 0 Å². The van der Waals surface area contributed by atoms with Gasteiger partial charge in [0.2, 0.25) is 0 Å². The van der Waals surface area contributed by atoms with Gasteiger partial charge in [0.05, 0.1) is 18.1 Å². The molecule has 5 nitrogen and oxygen atoms in total. The van der Waals surface area contributed by atoms with Crippen molar-refractivity contribution < 1.29 is 23.9 Å². The van der Waals surface area contributed by atoms with Gasteiger partial charge in [-0.15, -0.1) is 0 Å². The Kier molecular flexibility index (Phi) is 6.47. The topological polar surface area (TPSA) is 69.7 Å². The van der Waals surface area contributed by atoms with Crippen molar-refractivity contribution in [1.82, 2.24) is 0 Å². The minimum absolute atomic E-state index is 0.0599. The Hall–Kier alpha value is -2.01. The Morgan fingerprint density at radius 3 is 2.57 bits per heavy atom. The first-order valence-electron chi connectivity index (χ1n) is 7.92. The molecule has 2 rings (SSSR count). The number of rotatable bonds is 7. The summed E-state index contributed by atoms with van der Waals surface area (Å²) in [5.74, 6) is -0.158. The molecule has 0 aliphatic heterocycles. The fourth-order valence-electron chi connectivity index (χ4n) is 2.84. The number of carbonyl (C=O) groups excluding carboxylic acids is 3. The third kappa shape index (κ3) is 4.73. The van der Waals surface area contributed by atoms with E-state index in [1.54, 1.807) is 19.2 Å². The van der Waals surface area contributed by atoms with Crippen LogP contribution < -0.4 is 4.74 Å². The predicted octanol–water partition coefficient (Wildman–Crippen LogP) is 2.60. The largest absolute Gasteiger partial charge is 0.426 e. The molecule has 1 aromatic carbocycles. The van der Waals surface area contributed by atoms with Gasteiger partial charge in [-0.25, -0.2) is 0 Å². The van der Waals surface area contributed by atoms with Crippen LogP contribution in [0.15, 0.2) is 18.2 Å². The third-order valence-electron chi connectivity index (χ3n) is 4.30. The average molecular weight is 318 g/mol. The summed E-state index contributed by atoms with van der Waals surface area (Å²) in [6.45, 7) is 0.567. The van der Waals surface area contributed by atoms with Gasteiger partial charge in [-0.1, -0.05) is 6.07 Å². The molecule has 1 aliphatic carbocycles. The van der Waals surface area contributed by atoms with Gasteiger partial charge in [-0.3, -0.25) is 9.59 Å². The molecule has 1 aromatic rings. The number of aldehydes is 2. The molecule has 1 fully saturated rings. The summed E-state index contributed by atoms with van der Waals surface area (Å²) in [7, 11) is 1.62. The van der Waals surface area contributed by atoms with E-state index in [1.807, 2.05) is 6.07 Å². The zero-order chi connectivity index (χ0) is 16.7. The summed E-state index contributed by atoms with van der Waals surface area (Å²) in [5, 5.41) is 0. The van der Waals surface area contributed by atoms with E-state index in [-0.39, 0.29) is 17.8 Å². The first-order chi connectivity index (χ1) is 11.2. The van der Waals surface area contributed by atoms with E-state index in [2.05, 4.69) is 0 Å². The lowest BCUT2D eigenvalue weighted by Crippen LogP contribution is -2.26. The fraction of sp³-hybridized carbons (Fsp3) is 0.500. The smallest absolute Gasteiger partial charge is 0.314 e. The summed E-state index contributed by atoms with van der Waals surface area (Å²) in [5.41, 5.74) is 1.33. The van der Waals surface area contributed by atoms with Crippen LogP contribution in [0.25, 0.3) is 0 Å². The van der Waals surface area contributed by atoms with E-state index in [0.29, 0.717) is 43.5 Å². The second kappa shape index (κ2) is 8.58. The molecule has 124 valence electrons. The van der Waals surface area contributed by atoms with Crippen LogP contribution >= 0.6 is 0 Å². The molecular formula is C18H22O5. The molecule has 0 heterocycles. The van der Waals surface area contributed by atoms with Gasteiger partial charge >= 0.3 is 5.97 Å². The average Bonchev–Trinajstić information content (AvgIpc) is 2.60. The van der Waals surface area contributed by atoms with Crippen molar-refractivity contribution in [3.8, 4) is 5.75 Å². The van der Waals surface area contributed by atoms with Crippen LogP contribution in [0, 0.1) is 11.8 Å². The van der Waals surface area contributed by atoms with Crippen LogP contribution in [-0.2, 0) is 20.7 Å². The quantitative estimate of drug-likeness (QED) is 0.439. The highest BCUT2D eigenvalue weighted by atomic mass is 16.5. The van der Waals surface area contributed by atoms with Crippen molar-refractivity contribution in [3.05, 3.63) is 29.3 Å². The molecule has 1 aliphatic rings. The second-order valence-electron chi connectivity index (χ2n) is 5.90. The highest BCUT2D eigenvalue weighted by Crippen LogP contribution is 2.29. The predicted molar refractivity (Wildman–Crippen MR) is 84.6 cm³/mol. The maximum atomic E-state index is 12.2. The minimum Gasteiger partial charge on any atom is -0.426 e. The number of hydrogen-bond donors (Lipinski definition) is 0. The second-order valence-corrected chi connectivity index (χ2v) is 5.90. The first-order valence-corrected chi connectivity index (χ1v) is 7.92. The molecule has 0 amide bonds. The lowest BCUT2D eigenvalue weighted by atomic mass is 9.83. The van der Waals surface area contributed by atoms with Gasteiger partial charge < -0.3 is 14.3 Å². The van der Waals surface area contributed by atoms with Gasteiger partial charge in [0.15, 0.2) is 6.29 Å². The lowest BCUT2D eigenvalue weighted by molar-refractivity contribution is -0.140. The van der Waals surface area contributed by atoms with Crippen molar-refractivity contribution in [2.24, 2.45) is 11.8 Å². The highest BCUT2D eigenvalue weighted by molar-refractivity contribution is 5.83. The van der Waals surface area contributed by atoms with E-state index in [0.717, 1.165) is 24.7 Å². The maximum absolute atomic E-state index is 12.2. The van der Waals surface area contributed by atoms with Crippen LogP contribution in [0.3, 0.4) is 0 Å². The highest BCUT2D eigenvalue weighted by Gasteiger charge is 2.27. The Bertz CT molecular complexity index is 559. The Balaban J connectivity index is 2.00. The molecule has 1 saturated carbocycles. The first kappa shape index (κ1) is 17.3. The molecule has 5 heteroatoms. The van der Waals surface area contributed by atoms with E-state index >= 15 is 0 Å². The molecular weight excluding hydrogens is 296 g/mol. The van der Waals surface area contributed by atoms with E-state index < -0.39 is 0 Å². The van der Waals surface area contributed by atoms with E-state index in [9.17, 15) is 14.4 Å². The Labute approximate surface area is 136 Å². The zero-order valence-corrected chi connectivity index (χ0v) is 13.3. The van der Waals surface area contributed by atoms with Crippen molar-refractivity contribution >= 4 is 18.5 Å². The van der Waals surface area contributed by atoms with Crippen LogP contribution in [0.5, 0.6) is 5.75 Å². The summed E-state index contributed by atoms with van der Waals surface area (Å²) < 4.78 is 10.4. The molecule has 0 saturated heterocycles. The number of esters is 1. The number of methoxy groups -OCH3 is 1. The van der Waals surface area contributed by atoms with Gasteiger partial charge in [-0.2, -0.15) is 0 Å². The summed E-state index contributed by atoms with van der Waals surface area (Å²) >= 11 is 0. The molecule has 0 N–H and O–H groups in total. The van der Waals surface area contributed by atoms with Crippen molar-refractivity contribution in [2.45, 2.75) is 32.1 Å². The van der Waals surface area contributed by atoms with Crippen LogP contribution in [0.4, 0.5) is 0 Å². The minimum atomic E-state index is -0.318. The Morgan fingerprint density at radius 2 is 1.96 bits per heavy atom. The molecule has 0 radical (unpaired) electrons. The summed E-state index contributed by atoms with van der Waals surface area (Å²) in [4.78, 5) is 34.2. The maximum Gasteiger partial charge on any atom is 0.314 e. The molecule has 0 atom stereocenters. The van der Waals surface area contributed by atoms with E-state index in [1.165, 1.54) is 0 Å². The molecule has 0 unspecified atom stereocenters. The van der Waals surface area contributed by atoms with Gasteiger partial charge in [0.25, 0.3) is 0 Å². The number of carbonyl (C=O) groups is 3. The van der Waals surface area contributed by atoms with Gasteiger partial charge in [0.1, 0.15) is 12.0 Å². The van der Waals surface area contributed by atoms with Gasteiger partial charge in [-0.05, 0) is 49.8 Å². The monoisotopic (exact) mass is 318 g/mol. The van der Waals surface area contributed by atoms with Crippen LogP contribution in [0.1, 0.15) is 41.6 Å². The van der Waals surface area contributed by atoms with Crippen molar-refractivity contribution in [1.29, 1.82) is 0 Å². The van der Waals surface area contributed by atoms with Crippen LogP contribution in [-0.4, -0.2) is 32.3 Å². The number of hydrogen-bond acceptors (Lipinski definition) is 5. The lowest BCUT2D eigenvalue weighted by Gasteiger charge is -2.23. The fourth-order valence-corrected chi connectivity index (χ4v) is 2.84. The molecule has 0 bridgehead atoms. The SMILES string of the molecule is COCCc1ccc(OC(=O)C2CCC(C=O)CC2)c(C=O)c1. The molecule has 0 aromatic heterocycles. The number of ether oxygens (including phenoxy) is 2. The molecule has 0 spiro atoms. The van der Waals surface area contributed by atoms with Gasteiger partial charge in [0, 0.05) is 13.0 Å². The third-order valence-corrected chi connectivity index (χ3v) is 4.30. The molecule has 23 heavy (non-hydrogen) atoms. The Morgan fingerprint density at radius 1 is 1.22 bits per heavy atom. The number of benzene rings is 1. The van der Waals surface area contributed by atoms with Crippen molar-refractivity contribution in [3.63, 3.8) is 0 Å². The van der Waals surface area contributed by atoms with E-state index in [4.69, 9.17) is 9.47 Å². The van der Waals surface area contributed by atoms with Crippen molar-refractivity contribution in [2.75, 3.05) is 13.7 Å². The zero-order valence-electron chi connectivity index (χ0n) is 13.3. The summed E-state index contributed by atoms with van der Waals surface area (Å²) in [6, 6.07) is 5.21.